The molecule has 0 atom stereocenters. The van der Waals surface area contributed by atoms with Crippen molar-refractivity contribution in [2.75, 3.05) is 18.5 Å². The molecule has 1 amide bonds. The summed E-state index contributed by atoms with van der Waals surface area (Å²) in [6, 6.07) is 12.6. The van der Waals surface area contributed by atoms with Crippen LogP contribution in [0.3, 0.4) is 0 Å². The van der Waals surface area contributed by atoms with E-state index in [0.717, 1.165) is 11.3 Å². The molecule has 0 saturated carbocycles. The Kier molecular flexibility index (Phi) is 4.30. The molecule has 0 bridgehead atoms. The first-order valence-corrected chi connectivity index (χ1v) is 7.23. The minimum absolute atomic E-state index is 0.247. The van der Waals surface area contributed by atoms with E-state index in [-0.39, 0.29) is 5.91 Å². The van der Waals surface area contributed by atoms with E-state index in [1.54, 1.807) is 18.2 Å². The van der Waals surface area contributed by atoms with Crippen molar-refractivity contribution in [1.29, 1.82) is 0 Å². The fourth-order valence-corrected chi connectivity index (χ4v) is 2.26. The molecule has 22 heavy (non-hydrogen) atoms. The summed E-state index contributed by atoms with van der Waals surface area (Å²) >= 11 is 6.00. The van der Waals surface area contributed by atoms with Crippen LogP contribution in [0.1, 0.15) is 5.56 Å². The third kappa shape index (κ3) is 3.40. The zero-order chi connectivity index (χ0) is 15.4. The van der Waals surface area contributed by atoms with E-state index in [1.807, 2.05) is 30.3 Å². The molecule has 4 nitrogen and oxygen atoms in total. The highest BCUT2D eigenvalue weighted by Crippen LogP contribution is 2.31. The molecule has 1 aliphatic rings. The minimum atomic E-state index is -0.247. The molecule has 0 saturated heterocycles. The minimum Gasteiger partial charge on any atom is -0.486 e. The lowest BCUT2D eigenvalue weighted by molar-refractivity contribution is -0.111. The number of hydrogen-bond donors (Lipinski definition) is 1. The van der Waals surface area contributed by atoms with E-state index >= 15 is 0 Å². The first kappa shape index (κ1) is 14.5. The second kappa shape index (κ2) is 6.54. The Bertz CT molecular complexity index is 728. The fourth-order valence-electron chi connectivity index (χ4n) is 2.07. The maximum Gasteiger partial charge on any atom is 0.248 e. The van der Waals surface area contributed by atoms with Crippen molar-refractivity contribution < 1.29 is 14.3 Å². The lowest BCUT2D eigenvalue weighted by Gasteiger charge is -2.18. The number of hydrogen-bond acceptors (Lipinski definition) is 3. The Labute approximate surface area is 133 Å². The maximum absolute atomic E-state index is 11.9. The molecule has 0 fully saturated rings. The van der Waals surface area contributed by atoms with Crippen LogP contribution in [-0.4, -0.2) is 19.1 Å². The third-order valence-corrected chi connectivity index (χ3v) is 3.45. The molecule has 0 radical (unpaired) electrons. The number of amides is 1. The summed E-state index contributed by atoms with van der Waals surface area (Å²) in [5.74, 6) is 1.17. The number of benzene rings is 2. The molecule has 5 heteroatoms. The molecular formula is C17H14ClNO3. The van der Waals surface area contributed by atoms with Crippen LogP contribution < -0.4 is 14.8 Å². The number of halogens is 1. The number of para-hydroxylation sites is 1. The molecule has 2 aromatic rings. The molecule has 112 valence electrons. The van der Waals surface area contributed by atoms with Crippen molar-refractivity contribution >= 4 is 29.3 Å². The summed E-state index contributed by atoms with van der Waals surface area (Å²) < 4.78 is 11.0. The molecular weight excluding hydrogens is 302 g/mol. The number of carbonyl (C=O) groups excluding carboxylic acids is 1. The van der Waals surface area contributed by atoms with E-state index in [2.05, 4.69) is 5.32 Å². The highest BCUT2D eigenvalue weighted by molar-refractivity contribution is 6.33. The summed E-state index contributed by atoms with van der Waals surface area (Å²) in [5.41, 5.74) is 1.44. The Morgan fingerprint density at radius 1 is 1.09 bits per heavy atom. The van der Waals surface area contributed by atoms with E-state index in [0.29, 0.717) is 29.7 Å². The van der Waals surface area contributed by atoms with E-state index in [9.17, 15) is 4.79 Å². The molecule has 3 rings (SSSR count). The molecule has 1 N–H and O–H groups in total. The number of rotatable bonds is 3. The van der Waals surface area contributed by atoms with Crippen LogP contribution >= 0.6 is 11.6 Å². The third-order valence-electron chi connectivity index (χ3n) is 3.13. The Hall–Kier alpha value is -2.46. The quantitative estimate of drug-likeness (QED) is 0.877. The highest BCUT2D eigenvalue weighted by atomic mass is 35.5. The van der Waals surface area contributed by atoms with Crippen LogP contribution in [0.5, 0.6) is 11.5 Å². The first-order valence-electron chi connectivity index (χ1n) is 6.85. The maximum atomic E-state index is 11.9. The summed E-state index contributed by atoms with van der Waals surface area (Å²) in [7, 11) is 0. The van der Waals surface area contributed by atoms with Gasteiger partial charge in [0.15, 0.2) is 11.5 Å². The van der Waals surface area contributed by atoms with E-state index < -0.39 is 0 Å². The number of carbonyl (C=O) groups is 1. The van der Waals surface area contributed by atoms with Crippen molar-refractivity contribution in [3.63, 3.8) is 0 Å². The lowest BCUT2D eigenvalue weighted by Crippen LogP contribution is -2.15. The monoisotopic (exact) mass is 315 g/mol. The Morgan fingerprint density at radius 3 is 2.68 bits per heavy atom. The predicted octanol–water partition coefficient (Wildman–Crippen LogP) is 3.76. The van der Waals surface area contributed by atoms with Crippen molar-refractivity contribution in [3.8, 4) is 11.5 Å². The van der Waals surface area contributed by atoms with Crippen LogP contribution in [-0.2, 0) is 4.79 Å². The number of nitrogens with one attached hydrogen (secondary N) is 1. The van der Waals surface area contributed by atoms with Crippen molar-refractivity contribution in [1.82, 2.24) is 0 Å². The van der Waals surface area contributed by atoms with Crippen molar-refractivity contribution in [2.24, 2.45) is 0 Å². The van der Waals surface area contributed by atoms with Gasteiger partial charge in [-0.05, 0) is 35.9 Å². The van der Waals surface area contributed by atoms with Gasteiger partial charge >= 0.3 is 0 Å². The SMILES string of the molecule is O=C(C=Cc1ccc2c(c1)OCCO2)Nc1ccccc1Cl. The van der Waals surface area contributed by atoms with Gasteiger partial charge in [-0.1, -0.05) is 29.8 Å². The summed E-state index contributed by atoms with van der Waals surface area (Å²) in [6.45, 7) is 1.09. The fraction of sp³-hybridized carbons (Fsp3) is 0.118. The molecule has 1 heterocycles. The zero-order valence-corrected chi connectivity index (χ0v) is 12.5. The Morgan fingerprint density at radius 2 is 1.86 bits per heavy atom. The van der Waals surface area contributed by atoms with Crippen molar-refractivity contribution in [2.45, 2.75) is 0 Å². The van der Waals surface area contributed by atoms with Gasteiger partial charge in [0, 0.05) is 6.08 Å². The highest BCUT2D eigenvalue weighted by Gasteiger charge is 2.10. The summed E-state index contributed by atoms with van der Waals surface area (Å²) in [6.07, 6.45) is 3.17. The molecule has 0 aromatic heterocycles. The summed E-state index contributed by atoms with van der Waals surface area (Å²) in [4.78, 5) is 11.9. The zero-order valence-electron chi connectivity index (χ0n) is 11.7. The van der Waals surface area contributed by atoms with Crippen LogP contribution in [0.4, 0.5) is 5.69 Å². The second-order valence-corrected chi connectivity index (χ2v) is 5.11. The molecule has 2 aromatic carbocycles. The normalized spacial score (nSPS) is 13.1. The van der Waals surface area contributed by atoms with Gasteiger partial charge in [-0.25, -0.2) is 0 Å². The van der Waals surface area contributed by atoms with Gasteiger partial charge in [-0.2, -0.15) is 0 Å². The lowest BCUT2D eigenvalue weighted by atomic mass is 10.2. The molecule has 0 aliphatic carbocycles. The van der Waals surface area contributed by atoms with Gasteiger partial charge in [0.25, 0.3) is 0 Å². The molecule has 0 unspecified atom stereocenters. The molecule has 1 aliphatic heterocycles. The smallest absolute Gasteiger partial charge is 0.248 e. The summed E-state index contributed by atoms with van der Waals surface area (Å²) in [5, 5.41) is 3.23. The number of ether oxygens (including phenoxy) is 2. The molecule has 0 spiro atoms. The van der Waals surface area contributed by atoms with E-state index in [4.69, 9.17) is 21.1 Å². The van der Waals surface area contributed by atoms with Gasteiger partial charge in [0.1, 0.15) is 13.2 Å². The van der Waals surface area contributed by atoms with Crippen LogP contribution in [0.2, 0.25) is 5.02 Å². The Balaban J connectivity index is 1.68. The van der Waals surface area contributed by atoms with Gasteiger partial charge in [0.2, 0.25) is 5.91 Å². The van der Waals surface area contributed by atoms with Crippen LogP contribution in [0.15, 0.2) is 48.5 Å². The average Bonchev–Trinajstić information content (AvgIpc) is 2.55. The van der Waals surface area contributed by atoms with Crippen LogP contribution in [0, 0.1) is 0 Å². The number of anilines is 1. The van der Waals surface area contributed by atoms with Gasteiger partial charge in [-0.15, -0.1) is 0 Å². The van der Waals surface area contributed by atoms with Gasteiger partial charge in [0.05, 0.1) is 10.7 Å². The van der Waals surface area contributed by atoms with Gasteiger partial charge in [-0.3, -0.25) is 4.79 Å². The van der Waals surface area contributed by atoms with Gasteiger partial charge < -0.3 is 14.8 Å². The topological polar surface area (TPSA) is 47.6 Å². The largest absolute Gasteiger partial charge is 0.486 e. The van der Waals surface area contributed by atoms with E-state index in [1.165, 1.54) is 6.08 Å². The second-order valence-electron chi connectivity index (χ2n) is 4.71. The standard InChI is InChI=1S/C17H14ClNO3/c18-13-3-1-2-4-14(13)19-17(20)8-6-12-5-7-15-16(11-12)22-10-9-21-15/h1-8,11H,9-10H2,(H,19,20). The first-order chi connectivity index (χ1) is 10.7. The predicted molar refractivity (Wildman–Crippen MR) is 86.5 cm³/mol. The van der Waals surface area contributed by atoms with Crippen molar-refractivity contribution in [3.05, 3.63) is 59.1 Å². The average molecular weight is 316 g/mol. The van der Waals surface area contributed by atoms with Crippen LogP contribution in [0.25, 0.3) is 6.08 Å². The number of fused-ring (bicyclic) bond motifs is 1.